The zero-order chi connectivity index (χ0) is 15.1. The lowest BCUT2D eigenvalue weighted by atomic mass is 9.65. The summed E-state index contributed by atoms with van der Waals surface area (Å²) in [5.74, 6) is 2.74. The van der Waals surface area contributed by atoms with Crippen molar-refractivity contribution in [3.8, 4) is 0 Å². The Balaban J connectivity index is 1.64. The number of thioether (sulfide) groups is 1. The van der Waals surface area contributed by atoms with Gasteiger partial charge >= 0.3 is 0 Å². The Morgan fingerprint density at radius 3 is 2.52 bits per heavy atom. The first-order valence-corrected chi connectivity index (χ1v) is 9.37. The highest BCUT2D eigenvalue weighted by molar-refractivity contribution is 7.99. The van der Waals surface area contributed by atoms with Crippen molar-refractivity contribution in [3.63, 3.8) is 0 Å². The Hall–Kier alpha value is -0.470. The molecule has 1 heterocycles. The molecule has 3 rings (SSSR count). The highest BCUT2D eigenvalue weighted by Gasteiger charge is 2.38. The van der Waals surface area contributed by atoms with Crippen LogP contribution in [0.1, 0.15) is 64.4 Å². The third-order valence-electron chi connectivity index (χ3n) is 5.66. The maximum atomic E-state index is 6.79. The molecule has 1 aromatic rings. The Morgan fingerprint density at radius 2 is 1.86 bits per heavy atom. The summed E-state index contributed by atoms with van der Waals surface area (Å²) in [6.45, 7) is 7.14. The van der Waals surface area contributed by atoms with Crippen LogP contribution in [-0.2, 0) is 0 Å². The van der Waals surface area contributed by atoms with Crippen LogP contribution in [0, 0.1) is 11.3 Å². The molecule has 116 valence electrons. The van der Waals surface area contributed by atoms with Gasteiger partial charge in [0, 0.05) is 16.2 Å². The third kappa shape index (κ3) is 3.32. The fourth-order valence-electron chi connectivity index (χ4n) is 4.15. The van der Waals surface area contributed by atoms with Crippen molar-refractivity contribution in [1.82, 2.24) is 0 Å². The molecule has 0 aromatic heterocycles. The Labute approximate surface area is 134 Å². The van der Waals surface area contributed by atoms with Gasteiger partial charge in [0.25, 0.3) is 0 Å². The van der Waals surface area contributed by atoms with E-state index >= 15 is 0 Å². The summed E-state index contributed by atoms with van der Waals surface area (Å²) in [5, 5.41) is 0. The van der Waals surface area contributed by atoms with Crippen LogP contribution in [0.3, 0.4) is 0 Å². The Kier molecular flexibility index (Phi) is 4.13. The second-order valence-corrected chi connectivity index (χ2v) is 9.31. The molecule has 2 N–H and O–H groups in total. The second kappa shape index (κ2) is 5.62. The topological polar surface area (TPSA) is 26.0 Å². The molecule has 1 nitrogen and oxygen atoms in total. The van der Waals surface area contributed by atoms with Gasteiger partial charge in [-0.3, -0.25) is 0 Å². The highest BCUT2D eigenvalue weighted by Crippen LogP contribution is 2.47. The molecule has 2 heteroatoms. The van der Waals surface area contributed by atoms with Crippen molar-refractivity contribution in [2.45, 2.75) is 69.2 Å². The fraction of sp³-hybridized carbons (Fsp3) is 0.684. The summed E-state index contributed by atoms with van der Waals surface area (Å²) in [7, 11) is 0. The molecule has 2 aliphatic rings. The summed E-state index contributed by atoms with van der Waals surface area (Å²) in [6.07, 6.45) is 6.20. The number of hydrogen-bond donors (Lipinski definition) is 1. The largest absolute Gasteiger partial charge is 0.325 e. The van der Waals surface area contributed by atoms with E-state index in [0.717, 1.165) is 5.92 Å². The standard InChI is InChI=1S/C19H29NS/c1-18(2,3)15-8-10-19(20,11-9-15)12-14-13-21-17-7-5-4-6-16(14)17/h4-7,14-15H,8-13,20H2,1-3H3. The van der Waals surface area contributed by atoms with Gasteiger partial charge in [0.15, 0.2) is 0 Å². The molecule has 1 aliphatic heterocycles. The number of fused-ring (bicyclic) bond motifs is 1. The molecule has 0 radical (unpaired) electrons. The van der Waals surface area contributed by atoms with E-state index in [9.17, 15) is 0 Å². The maximum Gasteiger partial charge on any atom is 0.0160 e. The minimum absolute atomic E-state index is 0.0738. The minimum atomic E-state index is 0.0738. The lowest BCUT2D eigenvalue weighted by Gasteiger charge is -2.43. The zero-order valence-electron chi connectivity index (χ0n) is 13.7. The first-order chi connectivity index (χ1) is 9.87. The number of rotatable bonds is 2. The molecular formula is C19H29NS. The molecule has 1 saturated carbocycles. The third-order valence-corrected chi connectivity index (χ3v) is 6.91. The summed E-state index contributed by atoms with van der Waals surface area (Å²) in [4.78, 5) is 1.48. The van der Waals surface area contributed by atoms with Gasteiger partial charge in [-0.2, -0.15) is 0 Å². The summed E-state index contributed by atoms with van der Waals surface area (Å²) >= 11 is 2.01. The van der Waals surface area contributed by atoms with Gasteiger partial charge in [0.2, 0.25) is 0 Å². The second-order valence-electron chi connectivity index (χ2n) is 8.25. The highest BCUT2D eigenvalue weighted by atomic mass is 32.2. The van der Waals surface area contributed by atoms with E-state index in [1.807, 2.05) is 11.8 Å². The molecule has 1 aliphatic carbocycles. The monoisotopic (exact) mass is 303 g/mol. The summed E-state index contributed by atoms with van der Waals surface area (Å²) in [6, 6.07) is 8.90. The maximum absolute atomic E-state index is 6.79. The average molecular weight is 304 g/mol. The molecule has 1 fully saturated rings. The molecular weight excluding hydrogens is 274 g/mol. The van der Waals surface area contributed by atoms with Gasteiger partial charge in [-0.25, -0.2) is 0 Å². The summed E-state index contributed by atoms with van der Waals surface area (Å²) < 4.78 is 0. The van der Waals surface area contributed by atoms with Crippen molar-refractivity contribution in [2.75, 3.05) is 5.75 Å². The molecule has 0 saturated heterocycles. The van der Waals surface area contributed by atoms with E-state index in [2.05, 4.69) is 45.0 Å². The van der Waals surface area contributed by atoms with Gasteiger partial charge < -0.3 is 5.73 Å². The normalized spacial score (nSPS) is 33.0. The fourth-order valence-corrected chi connectivity index (χ4v) is 5.41. The van der Waals surface area contributed by atoms with E-state index in [0.29, 0.717) is 11.3 Å². The predicted octanol–water partition coefficient (Wildman–Crippen LogP) is 5.20. The van der Waals surface area contributed by atoms with Crippen LogP contribution in [0.25, 0.3) is 0 Å². The van der Waals surface area contributed by atoms with E-state index in [1.54, 1.807) is 5.56 Å². The van der Waals surface area contributed by atoms with Crippen molar-refractivity contribution in [3.05, 3.63) is 29.8 Å². The van der Waals surface area contributed by atoms with Crippen LogP contribution in [0.4, 0.5) is 0 Å². The first kappa shape index (κ1) is 15.4. The Morgan fingerprint density at radius 1 is 1.19 bits per heavy atom. The number of hydrogen-bond acceptors (Lipinski definition) is 2. The van der Waals surface area contributed by atoms with E-state index < -0.39 is 0 Å². The predicted molar refractivity (Wildman–Crippen MR) is 92.9 cm³/mol. The molecule has 1 aromatic carbocycles. The number of nitrogens with two attached hydrogens (primary N) is 1. The molecule has 1 atom stereocenters. The average Bonchev–Trinajstić information content (AvgIpc) is 2.81. The van der Waals surface area contributed by atoms with E-state index in [4.69, 9.17) is 5.73 Å². The van der Waals surface area contributed by atoms with Crippen LogP contribution in [0.15, 0.2) is 29.2 Å². The quantitative estimate of drug-likeness (QED) is 0.812. The SMILES string of the molecule is CC(C)(C)C1CCC(N)(CC2CSc3ccccc32)CC1. The molecule has 0 bridgehead atoms. The van der Waals surface area contributed by atoms with Crippen LogP contribution >= 0.6 is 11.8 Å². The van der Waals surface area contributed by atoms with Crippen LogP contribution < -0.4 is 5.73 Å². The van der Waals surface area contributed by atoms with Crippen LogP contribution in [0.5, 0.6) is 0 Å². The van der Waals surface area contributed by atoms with Gasteiger partial charge in [0.1, 0.15) is 0 Å². The minimum Gasteiger partial charge on any atom is -0.325 e. The molecule has 0 spiro atoms. The van der Waals surface area contributed by atoms with Crippen molar-refractivity contribution >= 4 is 11.8 Å². The van der Waals surface area contributed by atoms with Crippen molar-refractivity contribution in [1.29, 1.82) is 0 Å². The Bertz CT molecular complexity index is 495. The first-order valence-electron chi connectivity index (χ1n) is 8.38. The smallest absolute Gasteiger partial charge is 0.0160 e. The van der Waals surface area contributed by atoms with Gasteiger partial charge in [-0.15, -0.1) is 11.8 Å². The summed E-state index contributed by atoms with van der Waals surface area (Å²) in [5.41, 5.74) is 8.85. The zero-order valence-corrected chi connectivity index (χ0v) is 14.5. The van der Waals surface area contributed by atoms with Crippen molar-refractivity contribution < 1.29 is 0 Å². The van der Waals surface area contributed by atoms with Gasteiger partial charge in [-0.1, -0.05) is 39.0 Å². The van der Waals surface area contributed by atoms with Crippen LogP contribution in [0.2, 0.25) is 0 Å². The van der Waals surface area contributed by atoms with Gasteiger partial charge in [0.05, 0.1) is 0 Å². The number of benzene rings is 1. The molecule has 21 heavy (non-hydrogen) atoms. The van der Waals surface area contributed by atoms with E-state index in [-0.39, 0.29) is 5.54 Å². The molecule has 1 unspecified atom stereocenters. The van der Waals surface area contributed by atoms with Gasteiger partial charge in [-0.05, 0) is 61.0 Å². The molecule has 0 amide bonds. The lowest BCUT2D eigenvalue weighted by molar-refractivity contribution is 0.127. The van der Waals surface area contributed by atoms with Crippen LogP contribution in [-0.4, -0.2) is 11.3 Å². The lowest BCUT2D eigenvalue weighted by Crippen LogP contribution is -2.46. The van der Waals surface area contributed by atoms with E-state index in [1.165, 1.54) is 42.8 Å². The van der Waals surface area contributed by atoms with Crippen molar-refractivity contribution in [2.24, 2.45) is 17.1 Å².